The zero-order chi connectivity index (χ0) is 19.1. The molecule has 2 aromatic carbocycles. The third kappa shape index (κ3) is 6.26. The molecule has 0 unspecified atom stereocenters. The van der Waals surface area contributed by atoms with Crippen molar-refractivity contribution >= 4 is 17.5 Å². The van der Waals surface area contributed by atoms with Gasteiger partial charge in [-0.25, -0.2) is 0 Å². The van der Waals surface area contributed by atoms with Gasteiger partial charge in [0.05, 0.1) is 0 Å². The van der Waals surface area contributed by atoms with Crippen LogP contribution in [-0.4, -0.2) is 30.0 Å². The van der Waals surface area contributed by atoms with E-state index >= 15 is 0 Å². The molecule has 144 valence electrons. The number of rotatable bonds is 7. The fourth-order valence-corrected chi connectivity index (χ4v) is 3.44. The van der Waals surface area contributed by atoms with E-state index in [9.17, 15) is 4.79 Å². The van der Waals surface area contributed by atoms with E-state index in [0.29, 0.717) is 17.3 Å². The van der Waals surface area contributed by atoms with Gasteiger partial charge in [0.25, 0.3) is 5.91 Å². The Kier molecular flexibility index (Phi) is 7.13. The molecule has 1 heterocycles. The van der Waals surface area contributed by atoms with Gasteiger partial charge < -0.3 is 10.1 Å². The zero-order valence-corrected chi connectivity index (χ0v) is 16.5. The summed E-state index contributed by atoms with van der Waals surface area (Å²) in [5.41, 5.74) is 2.41. The molecule has 2 aromatic rings. The quantitative estimate of drug-likeness (QED) is 0.766. The standard InChI is InChI=1S/C22H27ClN2O2/c1-17(27-21-10-8-20(23)9-11-21)22(26)24-15-18-6-5-7-19(14-18)16-25-12-3-2-4-13-25/h5-11,14,17H,2-4,12-13,15-16H2,1H3,(H,24,26)/t17-/m0/s1. The summed E-state index contributed by atoms with van der Waals surface area (Å²) < 4.78 is 5.67. The molecule has 1 aliphatic heterocycles. The fourth-order valence-electron chi connectivity index (χ4n) is 3.32. The average molecular weight is 387 g/mol. The van der Waals surface area contributed by atoms with Gasteiger partial charge in [-0.05, 0) is 68.2 Å². The molecular weight excluding hydrogens is 360 g/mol. The number of piperidine rings is 1. The van der Waals surface area contributed by atoms with E-state index in [4.69, 9.17) is 16.3 Å². The Balaban J connectivity index is 1.49. The van der Waals surface area contributed by atoms with Crippen molar-refractivity contribution in [3.63, 3.8) is 0 Å². The van der Waals surface area contributed by atoms with Crippen molar-refractivity contribution < 1.29 is 9.53 Å². The van der Waals surface area contributed by atoms with E-state index in [1.165, 1.54) is 37.9 Å². The van der Waals surface area contributed by atoms with Crippen LogP contribution < -0.4 is 10.1 Å². The van der Waals surface area contributed by atoms with Gasteiger partial charge in [-0.1, -0.05) is 42.3 Å². The first kappa shape index (κ1) is 19.7. The predicted molar refractivity (Wildman–Crippen MR) is 109 cm³/mol. The molecule has 4 nitrogen and oxygen atoms in total. The van der Waals surface area contributed by atoms with Crippen LogP contribution in [0, 0.1) is 0 Å². The maximum atomic E-state index is 12.3. The van der Waals surface area contributed by atoms with Crippen molar-refractivity contribution in [1.29, 1.82) is 0 Å². The molecular formula is C22H27ClN2O2. The van der Waals surface area contributed by atoms with Crippen molar-refractivity contribution in [3.05, 3.63) is 64.7 Å². The third-order valence-electron chi connectivity index (χ3n) is 4.81. The molecule has 0 spiro atoms. The minimum atomic E-state index is -0.567. The zero-order valence-electron chi connectivity index (χ0n) is 15.8. The summed E-state index contributed by atoms with van der Waals surface area (Å²) in [5, 5.41) is 3.60. The van der Waals surface area contributed by atoms with Crippen molar-refractivity contribution in [2.24, 2.45) is 0 Å². The normalized spacial score (nSPS) is 15.9. The van der Waals surface area contributed by atoms with Crippen LogP contribution >= 0.6 is 11.6 Å². The van der Waals surface area contributed by atoms with Gasteiger partial charge in [0.2, 0.25) is 0 Å². The lowest BCUT2D eigenvalue weighted by molar-refractivity contribution is -0.127. The van der Waals surface area contributed by atoms with Crippen molar-refractivity contribution in [1.82, 2.24) is 10.2 Å². The number of ether oxygens (including phenoxy) is 1. The van der Waals surface area contributed by atoms with Crippen LogP contribution in [0.15, 0.2) is 48.5 Å². The number of amides is 1. The van der Waals surface area contributed by atoms with E-state index in [2.05, 4.69) is 28.4 Å². The van der Waals surface area contributed by atoms with E-state index in [1.807, 2.05) is 6.07 Å². The van der Waals surface area contributed by atoms with Gasteiger partial charge in [0.1, 0.15) is 5.75 Å². The highest BCUT2D eigenvalue weighted by Gasteiger charge is 2.15. The van der Waals surface area contributed by atoms with Gasteiger partial charge >= 0.3 is 0 Å². The summed E-state index contributed by atoms with van der Waals surface area (Å²) in [6, 6.07) is 15.5. The Hall–Kier alpha value is -2.04. The van der Waals surface area contributed by atoms with Crippen molar-refractivity contribution in [2.75, 3.05) is 13.1 Å². The lowest BCUT2D eigenvalue weighted by Crippen LogP contribution is -2.35. The highest BCUT2D eigenvalue weighted by Crippen LogP contribution is 2.17. The summed E-state index contributed by atoms with van der Waals surface area (Å²) in [6.07, 6.45) is 3.36. The Morgan fingerprint density at radius 3 is 2.56 bits per heavy atom. The van der Waals surface area contributed by atoms with Crippen LogP contribution in [0.1, 0.15) is 37.3 Å². The molecule has 1 atom stereocenters. The van der Waals surface area contributed by atoms with Crippen molar-refractivity contribution in [3.8, 4) is 5.75 Å². The summed E-state index contributed by atoms with van der Waals surface area (Å²) >= 11 is 5.86. The summed E-state index contributed by atoms with van der Waals surface area (Å²) in [6.45, 7) is 5.59. The van der Waals surface area contributed by atoms with E-state index in [-0.39, 0.29) is 5.91 Å². The molecule has 1 fully saturated rings. The minimum Gasteiger partial charge on any atom is -0.481 e. The average Bonchev–Trinajstić information content (AvgIpc) is 2.69. The monoisotopic (exact) mass is 386 g/mol. The summed E-state index contributed by atoms with van der Waals surface area (Å²) in [7, 11) is 0. The smallest absolute Gasteiger partial charge is 0.261 e. The van der Waals surface area contributed by atoms with Gasteiger partial charge in [0, 0.05) is 18.1 Å². The molecule has 0 aromatic heterocycles. The number of likely N-dealkylation sites (tertiary alicyclic amines) is 1. The van der Waals surface area contributed by atoms with Crippen molar-refractivity contribution in [2.45, 2.75) is 45.4 Å². The molecule has 0 saturated carbocycles. The second kappa shape index (κ2) is 9.77. The van der Waals surface area contributed by atoms with Crippen LogP contribution in [0.3, 0.4) is 0 Å². The number of carbonyl (C=O) groups excluding carboxylic acids is 1. The van der Waals surface area contributed by atoms with Crippen LogP contribution in [0.2, 0.25) is 5.02 Å². The van der Waals surface area contributed by atoms with Gasteiger partial charge in [-0.2, -0.15) is 0 Å². The number of halogens is 1. The maximum Gasteiger partial charge on any atom is 0.261 e. The van der Waals surface area contributed by atoms with E-state index in [1.54, 1.807) is 31.2 Å². The first-order chi connectivity index (χ1) is 13.1. The second-order valence-electron chi connectivity index (χ2n) is 7.09. The number of hydrogen-bond donors (Lipinski definition) is 1. The number of carbonyl (C=O) groups is 1. The molecule has 27 heavy (non-hydrogen) atoms. The van der Waals surface area contributed by atoms with Gasteiger partial charge in [0.15, 0.2) is 6.10 Å². The Morgan fingerprint density at radius 2 is 1.81 bits per heavy atom. The lowest BCUT2D eigenvalue weighted by Gasteiger charge is -2.26. The third-order valence-corrected chi connectivity index (χ3v) is 5.06. The van der Waals surface area contributed by atoms with Crippen LogP contribution in [0.4, 0.5) is 0 Å². The topological polar surface area (TPSA) is 41.6 Å². The van der Waals surface area contributed by atoms with Gasteiger partial charge in [-0.3, -0.25) is 9.69 Å². The largest absolute Gasteiger partial charge is 0.481 e. The number of nitrogens with zero attached hydrogens (tertiary/aromatic N) is 1. The molecule has 0 radical (unpaired) electrons. The molecule has 0 bridgehead atoms. The summed E-state index contributed by atoms with van der Waals surface area (Å²) in [4.78, 5) is 14.8. The molecule has 1 aliphatic rings. The molecule has 1 saturated heterocycles. The molecule has 1 N–H and O–H groups in total. The summed E-state index contributed by atoms with van der Waals surface area (Å²) in [5.74, 6) is 0.497. The SMILES string of the molecule is C[C@H](Oc1ccc(Cl)cc1)C(=O)NCc1cccc(CN2CCCCC2)c1. The molecule has 3 rings (SSSR count). The minimum absolute atomic E-state index is 0.133. The first-order valence-corrected chi connectivity index (χ1v) is 9.98. The van der Waals surface area contributed by atoms with Crippen LogP contribution in [-0.2, 0) is 17.9 Å². The number of nitrogens with one attached hydrogen (secondary N) is 1. The number of benzene rings is 2. The molecule has 0 aliphatic carbocycles. The van der Waals surface area contributed by atoms with E-state index < -0.39 is 6.10 Å². The van der Waals surface area contributed by atoms with E-state index in [0.717, 1.165) is 12.1 Å². The maximum absolute atomic E-state index is 12.3. The number of hydrogen-bond acceptors (Lipinski definition) is 3. The van der Waals surface area contributed by atoms with Crippen LogP contribution in [0.25, 0.3) is 0 Å². The molecule has 1 amide bonds. The molecule has 5 heteroatoms. The fraction of sp³-hybridized carbons (Fsp3) is 0.409. The Labute approximate surface area is 166 Å². The highest BCUT2D eigenvalue weighted by molar-refractivity contribution is 6.30. The Bertz CT molecular complexity index is 742. The van der Waals surface area contributed by atoms with Gasteiger partial charge in [-0.15, -0.1) is 0 Å². The lowest BCUT2D eigenvalue weighted by atomic mass is 10.1. The van der Waals surface area contributed by atoms with Crippen LogP contribution in [0.5, 0.6) is 5.75 Å². The highest BCUT2D eigenvalue weighted by atomic mass is 35.5. The predicted octanol–water partition coefficient (Wildman–Crippen LogP) is 4.41. The second-order valence-corrected chi connectivity index (χ2v) is 7.52. The Morgan fingerprint density at radius 1 is 1.11 bits per heavy atom. The first-order valence-electron chi connectivity index (χ1n) is 9.60.